The predicted octanol–water partition coefficient (Wildman–Crippen LogP) is 1.25. The number of nitrogens with two attached hydrogens (primary N) is 1. The number of nitro benzene ring substituents is 1. The molecule has 76 valence electrons. The number of aromatic hydroxyl groups is 1. The van der Waals surface area contributed by atoms with Gasteiger partial charge in [-0.1, -0.05) is 0 Å². The van der Waals surface area contributed by atoms with E-state index in [1.165, 1.54) is 18.2 Å². The molecule has 0 heterocycles. The fraction of sp³-hybridized carbons (Fsp3) is 0.250. The van der Waals surface area contributed by atoms with Crippen LogP contribution in [-0.4, -0.2) is 10.0 Å². The third kappa shape index (κ3) is 1.98. The monoisotopic (exact) mass is 198 g/mol. The lowest BCUT2D eigenvalue weighted by Gasteiger charge is -2.09. The van der Waals surface area contributed by atoms with E-state index in [0.717, 1.165) is 0 Å². The Kier molecular flexibility index (Phi) is 3.00. The van der Waals surface area contributed by atoms with E-state index >= 15 is 0 Å². The molecule has 1 atom stereocenters. The minimum absolute atomic E-state index is 0.0606. The van der Waals surface area contributed by atoms with Gasteiger partial charge in [0.25, 0.3) is 5.69 Å². The zero-order chi connectivity index (χ0) is 10.7. The van der Waals surface area contributed by atoms with Crippen molar-refractivity contribution >= 4 is 5.69 Å². The highest BCUT2D eigenvalue weighted by atomic mass is 16.6. The maximum atomic E-state index is 10.6. The van der Waals surface area contributed by atoms with E-state index in [1.54, 1.807) is 6.92 Å². The lowest BCUT2D eigenvalue weighted by molar-refractivity contribution is -0.386. The first-order valence-electron chi connectivity index (χ1n) is 3.89. The fourth-order valence-corrected chi connectivity index (χ4v) is 1.11. The van der Waals surface area contributed by atoms with Crippen molar-refractivity contribution in [2.75, 3.05) is 0 Å². The topological polar surface area (TPSA) is 98.6 Å². The molecule has 0 amide bonds. The smallest absolute Gasteiger partial charge is 0.275 e. The summed E-state index contributed by atoms with van der Waals surface area (Å²) in [5.74, 6) is 4.86. The van der Waals surface area contributed by atoms with Crippen LogP contribution in [0.4, 0.5) is 5.69 Å². The van der Waals surface area contributed by atoms with Gasteiger partial charge in [-0.2, -0.15) is 0 Å². The summed E-state index contributed by atoms with van der Waals surface area (Å²) in [4.78, 5) is 14.5. The second kappa shape index (κ2) is 4.03. The molecule has 0 bridgehead atoms. The Morgan fingerprint density at radius 2 is 2.29 bits per heavy atom. The van der Waals surface area contributed by atoms with Gasteiger partial charge >= 0.3 is 0 Å². The average Bonchev–Trinajstić information content (AvgIpc) is 2.16. The molecule has 0 aliphatic heterocycles. The zero-order valence-corrected chi connectivity index (χ0v) is 7.51. The third-order valence-electron chi connectivity index (χ3n) is 1.85. The summed E-state index contributed by atoms with van der Waals surface area (Å²) in [6.45, 7) is 1.56. The summed E-state index contributed by atoms with van der Waals surface area (Å²) >= 11 is 0. The van der Waals surface area contributed by atoms with Crippen LogP contribution >= 0.6 is 0 Å². The van der Waals surface area contributed by atoms with E-state index < -0.39 is 11.0 Å². The summed E-state index contributed by atoms with van der Waals surface area (Å²) in [6, 6.07) is 3.71. The predicted molar refractivity (Wildman–Crippen MR) is 48.4 cm³/mol. The summed E-state index contributed by atoms with van der Waals surface area (Å²) in [5.41, 5.74) is 0.123. The van der Waals surface area contributed by atoms with E-state index in [2.05, 4.69) is 4.84 Å². The van der Waals surface area contributed by atoms with Crippen LogP contribution in [0.25, 0.3) is 0 Å². The normalized spacial score (nSPS) is 12.4. The van der Waals surface area contributed by atoms with E-state index in [4.69, 9.17) is 11.0 Å². The van der Waals surface area contributed by atoms with Gasteiger partial charge in [-0.25, -0.2) is 5.90 Å². The van der Waals surface area contributed by atoms with Crippen LogP contribution < -0.4 is 5.90 Å². The largest absolute Gasteiger partial charge is 0.508 e. The van der Waals surface area contributed by atoms with Crippen molar-refractivity contribution in [1.82, 2.24) is 0 Å². The SMILES string of the molecule is CC(ON)c1cc(O)ccc1[N+](=O)[O-]. The molecular formula is C8H10N2O4. The Morgan fingerprint density at radius 3 is 2.79 bits per heavy atom. The maximum Gasteiger partial charge on any atom is 0.275 e. The molecule has 6 nitrogen and oxygen atoms in total. The van der Waals surface area contributed by atoms with E-state index in [9.17, 15) is 10.1 Å². The minimum atomic E-state index is -0.637. The van der Waals surface area contributed by atoms with Crippen LogP contribution in [0.15, 0.2) is 18.2 Å². The number of phenolic OH excluding ortho intramolecular Hbond substituents is 1. The second-order valence-corrected chi connectivity index (χ2v) is 2.78. The number of rotatable bonds is 3. The Labute approximate surface area is 80.0 Å². The lowest BCUT2D eigenvalue weighted by Crippen LogP contribution is -2.07. The van der Waals surface area contributed by atoms with Crippen LogP contribution in [0.5, 0.6) is 5.75 Å². The van der Waals surface area contributed by atoms with Crippen molar-refractivity contribution in [3.63, 3.8) is 0 Å². The third-order valence-corrected chi connectivity index (χ3v) is 1.85. The van der Waals surface area contributed by atoms with Crippen LogP contribution in [0.3, 0.4) is 0 Å². The van der Waals surface area contributed by atoms with Crippen molar-refractivity contribution in [1.29, 1.82) is 0 Å². The summed E-state index contributed by atoms with van der Waals surface area (Å²) < 4.78 is 0. The van der Waals surface area contributed by atoms with E-state index in [1.807, 2.05) is 0 Å². The van der Waals surface area contributed by atoms with Gasteiger partial charge in [-0.3, -0.25) is 15.0 Å². The molecule has 1 rings (SSSR count). The molecule has 1 aromatic rings. The molecule has 1 unspecified atom stereocenters. The highest BCUT2D eigenvalue weighted by Gasteiger charge is 2.19. The van der Waals surface area contributed by atoms with Crippen molar-refractivity contribution < 1.29 is 14.9 Å². The average molecular weight is 198 g/mol. The molecule has 3 N–H and O–H groups in total. The van der Waals surface area contributed by atoms with Gasteiger partial charge in [0, 0.05) is 6.07 Å². The first-order chi connectivity index (χ1) is 6.56. The van der Waals surface area contributed by atoms with Gasteiger partial charge in [0.1, 0.15) is 11.9 Å². The summed E-state index contributed by atoms with van der Waals surface area (Å²) in [7, 11) is 0. The first-order valence-corrected chi connectivity index (χ1v) is 3.89. The molecule has 1 aromatic carbocycles. The van der Waals surface area contributed by atoms with Crippen molar-refractivity contribution in [2.24, 2.45) is 5.90 Å². The minimum Gasteiger partial charge on any atom is -0.508 e. The Balaban J connectivity index is 3.22. The van der Waals surface area contributed by atoms with Crippen LogP contribution in [-0.2, 0) is 4.84 Å². The van der Waals surface area contributed by atoms with E-state index in [0.29, 0.717) is 0 Å². The fourth-order valence-electron chi connectivity index (χ4n) is 1.11. The molecule has 6 heteroatoms. The standard InChI is InChI=1S/C8H10N2O4/c1-5(14-9)7-4-6(11)2-3-8(7)10(12)13/h2-5,11H,9H2,1H3. The van der Waals surface area contributed by atoms with Crippen molar-refractivity contribution in [3.8, 4) is 5.75 Å². The van der Waals surface area contributed by atoms with E-state index in [-0.39, 0.29) is 17.0 Å². The van der Waals surface area contributed by atoms with Gasteiger partial charge in [-0.05, 0) is 19.1 Å². The maximum absolute atomic E-state index is 10.6. The number of nitro groups is 1. The number of benzene rings is 1. The van der Waals surface area contributed by atoms with Gasteiger partial charge in [0.05, 0.1) is 10.5 Å². The van der Waals surface area contributed by atoms with Gasteiger partial charge < -0.3 is 5.11 Å². The Morgan fingerprint density at radius 1 is 1.64 bits per heavy atom. The first kappa shape index (κ1) is 10.4. The molecular weight excluding hydrogens is 188 g/mol. The highest BCUT2D eigenvalue weighted by molar-refractivity contribution is 5.45. The van der Waals surface area contributed by atoms with Crippen LogP contribution in [0.2, 0.25) is 0 Å². The Hall–Kier alpha value is -1.66. The van der Waals surface area contributed by atoms with Crippen LogP contribution in [0, 0.1) is 10.1 Å². The van der Waals surface area contributed by atoms with Gasteiger partial charge in [0.2, 0.25) is 0 Å². The molecule has 14 heavy (non-hydrogen) atoms. The molecule has 0 aromatic heterocycles. The number of hydrogen-bond acceptors (Lipinski definition) is 5. The molecule has 0 saturated heterocycles. The number of hydrogen-bond donors (Lipinski definition) is 2. The quantitative estimate of drug-likeness (QED) is 0.562. The van der Waals surface area contributed by atoms with Crippen LogP contribution in [0.1, 0.15) is 18.6 Å². The molecule has 0 spiro atoms. The molecule has 0 fully saturated rings. The van der Waals surface area contributed by atoms with Gasteiger partial charge in [-0.15, -0.1) is 0 Å². The summed E-state index contributed by atoms with van der Waals surface area (Å²) in [5, 5.41) is 19.7. The second-order valence-electron chi connectivity index (χ2n) is 2.78. The molecule has 0 saturated carbocycles. The highest BCUT2D eigenvalue weighted by Crippen LogP contribution is 2.29. The van der Waals surface area contributed by atoms with Gasteiger partial charge in [0.15, 0.2) is 0 Å². The molecule has 0 aliphatic carbocycles. The summed E-state index contributed by atoms with van der Waals surface area (Å²) in [6.07, 6.45) is -0.637. The number of phenols is 1. The number of nitrogens with zero attached hydrogens (tertiary/aromatic N) is 1. The van der Waals surface area contributed by atoms with Crippen molar-refractivity contribution in [3.05, 3.63) is 33.9 Å². The Bertz CT molecular complexity index is 353. The van der Waals surface area contributed by atoms with Crippen molar-refractivity contribution in [2.45, 2.75) is 13.0 Å². The zero-order valence-electron chi connectivity index (χ0n) is 7.51. The molecule has 0 aliphatic rings. The molecule has 0 radical (unpaired) electrons. The lowest BCUT2D eigenvalue weighted by atomic mass is 10.1.